The molecule has 3 heterocycles. The molecule has 1 saturated carbocycles. The third-order valence-electron chi connectivity index (χ3n) is 4.55. The van der Waals surface area contributed by atoms with Gasteiger partial charge in [0, 0.05) is 37.8 Å². The fourth-order valence-electron chi connectivity index (χ4n) is 3.30. The minimum Gasteiger partial charge on any atom is -0.354 e. The van der Waals surface area contributed by atoms with E-state index in [1.807, 2.05) is 6.20 Å². The van der Waals surface area contributed by atoms with E-state index in [2.05, 4.69) is 38.3 Å². The number of likely N-dealkylation sites (N-methyl/N-ethyl adjacent to an activating group) is 1. The summed E-state index contributed by atoms with van der Waals surface area (Å²) in [6.45, 7) is 2.22. The number of H-pyrrole nitrogens is 1. The van der Waals surface area contributed by atoms with Crippen LogP contribution in [0, 0.1) is 5.41 Å². The highest BCUT2D eigenvalue weighted by Crippen LogP contribution is 2.52. The Hall–Kier alpha value is -1.62. The van der Waals surface area contributed by atoms with Gasteiger partial charge in [0.1, 0.15) is 17.8 Å². The summed E-state index contributed by atoms with van der Waals surface area (Å²) in [6, 6.07) is 2.62. The average molecular weight is 243 g/mol. The van der Waals surface area contributed by atoms with E-state index >= 15 is 0 Å². The lowest BCUT2D eigenvalue weighted by molar-refractivity contribution is 0.477. The van der Waals surface area contributed by atoms with Gasteiger partial charge in [-0.3, -0.25) is 0 Å². The summed E-state index contributed by atoms with van der Waals surface area (Å²) in [4.78, 5) is 14.2. The smallest absolute Gasteiger partial charge is 0.142 e. The van der Waals surface area contributed by atoms with Gasteiger partial charge in [-0.2, -0.15) is 0 Å². The fraction of sp³-hybridized carbons (Fsp3) is 0.538. The van der Waals surface area contributed by atoms with Crippen molar-refractivity contribution >= 4 is 16.9 Å². The summed E-state index contributed by atoms with van der Waals surface area (Å²) in [5.74, 6) is 1.04. The summed E-state index contributed by atoms with van der Waals surface area (Å²) >= 11 is 0. The third kappa shape index (κ3) is 1.31. The second-order valence-electron chi connectivity index (χ2n) is 5.56. The lowest BCUT2D eigenvalue weighted by atomic mass is 9.99. The van der Waals surface area contributed by atoms with Gasteiger partial charge >= 0.3 is 0 Å². The van der Waals surface area contributed by atoms with Crippen LogP contribution in [0.3, 0.4) is 0 Å². The molecule has 2 fully saturated rings. The van der Waals surface area contributed by atoms with Gasteiger partial charge < -0.3 is 15.2 Å². The average Bonchev–Trinajstić information content (AvgIpc) is 2.84. The second-order valence-corrected chi connectivity index (χ2v) is 5.56. The molecule has 0 amide bonds. The molecular weight excluding hydrogens is 226 g/mol. The highest BCUT2D eigenvalue weighted by atomic mass is 15.3. The topological polar surface area (TPSA) is 56.8 Å². The highest BCUT2D eigenvalue weighted by Gasteiger charge is 2.54. The normalized spacial score (nSPS) is 24.8. The van der Waals surface area contributed by atoms with Crippen LogP contribution in [0.1, 0.15) is 12.8 Å². The maximum absolute atomic E-state index is 4.48. The van der Waals surface area contributed by atoms with Crippen molar-refractivity contribution in [1.29, 1.82) is 0 Å². The predicted octanol–water partition coefficient (Wildman–Crippen LogP) is 1.15. The number of nitrogens with one attached hydrogen (secondary N) is 2. The maximum Gasteiger partial charge on any atom is 0.142 e. The summed E-state index contributed by atoms with van der Waals surface area (Å²) in [5.41, 5.74) is 1.42. The monoisotopic (exact) mass is 243 g/mol. The van der Waals surface area contributed by atoms with Crippen LogP contribution in [0.4, 0.5) is 5.82 Å². The number of aromatic nitrogens is 3. The van der Waals surface area contributed by atoms with Crippen molar-refractivity contribution in [3.05, 3.63) is 18.6 Å². The van der Waals surface area contributed by atoms with Crippen molar-refractivity contribution in [3.63, 3.8) is 0 Å². The largest absolute Gasteiger partial charge is 0.354 e. The number of fused-ring (bicyclic) bond motifs is 1. The Labute approximate surface area is 106 Å². The molecule has 18 heavy (non-hydrogen) atoms. The number of hydrogen-bond donors (Lipinski definition) is 2. The van der Waals surface area contributed by atoms with Crippen molar-refractivity contribution in [2.75, 3.05) is 25.0 Å². The molecule has 2 N–H and O–H groups in total. The van der Waals surface area contributed by atoms with Gasteiger partial charge in [-0.15, -0.1) is 0 Å². The zero-order chi connectivity index (χ0) is 12.2. The standard InChI is InChI=1S/C13H17N5/c1-18(10-6-14-7-13(10)3-4-13)12-9-2-5-15-11(9)16-8-17-12/h2,5,8,10,14H,3-4,6-7H2,1H3,(H,15,16,17)/t10-/m0/s1. The number of nitrogens with zero attached hydrogens (tertiary/aromatic N) is 3. The molecule has 5 heteroatoms. The Morgan fingerprint density at radius 1 is 1.39 bits per heavy atom. The van der Waals surface area contributed by atoms with Gasteiger partial charge in [-0.25, -0.2) is 9.97 Å². The fourth-order valence-corrected chi connectivity index (χ4v) is 3.30. The van der Waals surface area contributed by atoms with Crippen LogP contribution in [0.25, 0.3) is 11.0 Å². The molecule has 1 aliphatic heterocycles. The van der Waals surface area contributed by atoms with E-state index in [0.717, 1.165) is 29.9 Å². The zero-order valence-electron chi connectivity index (χ0n) is 10.5. The van der Waals surface area contributed by atoms with E-state index in [1.165, 1.54) is 12.8 Å². The molecule has 4 rings (SSSR count). The lowest BCUT2D eigenvalue weighted by Crippen LogP contribution is -2.39. The number of aromatic amines is 1. The van der Waals surface area contributed by atoms with Crippen molar-refractivity contribution < 1.29 is 0 Å². The molecule has 1 atom stereocenters. The van der Waals surface area contributed by atoms with Crippen molar-refractivity contribution in [3.8, 4) is 0 Å². The first kappa shape index (κ1) is 10.3. The Balaban J connectivity index is 1.76. The Bertz CT molecular complexity index is 586. The van der Waals surface area contributed by atoms with Crippen molar-refractivity contribution in [1.82, 2.24) is 20.3 Å². The minimum atomic E-state index is 0.502. The highest BCUT2D eigenvalue weighted by molar-refractivity contribution is 5.87. The van der Waals surface area contributed by atoms with Crippen molar-refractivity contribution in [2.45, 2.75) is 18.9 Å². The first-order valence-electron chi connectivity index (χ1n) is 6.52. The Morgan fingerprint density at radius 3 is 3.11 bits per heavy atom. The summed E-state index contributed by atoms with van der Waals surface area (Å²) < 4.78 is 0. The molecule has 0 aromatic carbocycles. The van der Waals surface area contributed by atoms with Crippen LogP contribution >= 0.6 is 0 Å². The molecule has 1 aliphatic carbocycles. The maximum atomic E-state index is 4.48. The summed E-state index contributed by atoms with van der Waals surface area (Å²) in [7, 11) is 2.16. The molecule has 0 bridgehead atoms. The lowest BCUT2D eigenvalue weighted by Gasteiger charge is -2.30. The summed E-state index contributed by atoms with van der Waals surface area (Å²) in [6.07, 6.45) is 6.26. The van der Waals surface area contributed by atoms with Gasteiger partial charge in [0.25, 0.3) is 0 Å². The molecule has 1 spiro atoms. The van der Waals surface area contributed by atoms with Gasteiger partial charge in [-0.05, 0) is 18.9 Å². The van der Waals surface area contributed by atoms with E-state index in [9.17, 15) is 0 Å². The zero-order valence-corrected chi connectivity index (χ0v) is 10.5. The molecule has 0 radical (unpaired) electrons. The van der Waals surface area contributed by atoms with Crippen LogP contribution in [0.2, 0.25) is 0 Å². The molecule has 94 valence electrons. The minimum absolute atomic E-state index is 0.502. The number of rotatable bonds is 2. The third-order valence-corrected chi connectivity index (χ3v) is 4.55. The SMILES string of the molecule is CN(c1ncnc2[nH]ccc12)[C@H]1CNCC12CC2. The summed E-state index contributed by atoms with van der Waals surface area (Å²) in [5, 5.41) is 4.64. The van der Waals surface area contributed by atoms with Crippen LogP contribution < -0.4 is 10.2 Å². The van der Waals surface area contributed by atoms with Gasteiger partial charge in [0.05, 0.1) is 5.39 Å². The number of anilines is 1. The Kier molecular flexibility index (Phi) is 1.97. The van der Waals surface area contributed by atoms with E-state index < -0.39 is 0 Å². The van der Waals surface area contributed by atoms with Crippen LogP contribution in [-0.2, 0) is 0 Å². The number of hydrogen-bond acceptors (Lipinski definition) is 4. The molecule has 0 unspecified atom stereocenters. The first-order chi connectivity index (χ1) is 8.80. The molecular formula is C13H17N5. The van der Waals surface area contributed by atoms with Gasteiger partial charge in [-0.1, -0.05) is 0 Å². The van der Waals surface area contributed by atoms with Crippen LogP contribution in [-0.4, -0.2) is 41.1 Å². The quantitative estimate of drug-likeness (QED) is 0.830. The van der Waals surface area contributed by atoms with E-state index in [4.69, 9.17) is 0 Å². The molecule has 2 aromatic heterocycles. The van der Waals surface area contributed by atoms with E-state index in [-0.39, 0.29) is 0 Å². The van der Waals surface area contributed by atoms with E-state index in [1.54, 1.807) is 6.33 Å². The van der Waals surface area contributed by atoms with Crippen LogP contribution in [0.15, 0.2) is 18.6 Å². The molecule has 2 aromatic rings. The second kappa shape index (κ2) is 3.45. The molecule has 2 aliphatic rings. The predicted molar refractivity (Wildman–Crippen MR) is 70.6 cm³/mol. The van der Waals surface area contributed by atoms with E-state index in [0.29, 0.717) is 11.5 Å². The van der Waals surface area contributed by atoms with Crippen LogP contribution in [0.5, 0.6) is 0 Å². The van der Waals surface area contributed by atoms with Gasteiger partial charge in [0.15, 0.2) is 0 Å². The Morgan fingerprint density at radius 2 is 2.28 bits per heavy atom. The first-order valence-corrected chi connectivity index (χ1v) is 6.52. The molecule has 1 saturated heterocycles. The van der Waals surface area contributed by atoms with Gasteiger partial charge in [0.2, 0.25) is 0 Å². The molecule has 5 nitrogen and oxygen atoms in total. The van der Waals surface area contributed by atoms with Crippen molar-refractivity contribution in [2.24, 2.45) is 5.41 Å².